The van der Waals surface area contributed by atoms with E-state index < -0.39 is 5.97 Å². The lowest BCUT2D eigenvalue weighted by atomic mass is 9.87. The predicted octanol–water partition coefficient (Wildman–Crippen LogP) is 5.58. The van der Waals surface area contributed by atoms with Crippen molar-refractivity contribution in [2.45, 2.75) is 19.9 Å². The minimum atomic E-state index is -0.948. The van der Waals surface area contributed by atoms with Crippen molar-refractivity contribution < 1.29 is 9.90 Å². The number of rotatable bonds is 6. The molecule has 4 heteroatoms. The summed E-state index contributed by atoms with van der Waals surface area (Å²) in [4.78, 5) is 10.8. The molecule has 150 valence electrons. The Bertz CT molecular complexity index is 1110. The third kappa shape index (κ3) is 4.19. The molecule has 0 aliphatic carbocycles. The smallest absolute Gasteiger partial charge is 0.328 e. The van der Waals surface area contributed by atoms with Crippen LogP contribution < -0.4 is 10.9 Å². The number of hydrogen-bond acceptors (Lipinski definition) is 3. The first-order valence-electron chi connectivity index (χ1n) is 10.1. The Hall–Kier alpha value is -3.63. The van der Waals surface area contributed by atoms with E-state index in [-0.39, 0.29) is 0 Å². The lowest BCUT2D eigenvalue weighted by Crippen LogP contribution is -2.10. The summed E-state index contributed by atoms with van der Waals surface area (Å²) in [5, 5.41) is 8.87. The van der Waals surface area contributed by atoms with E-state index in [9.17, 15) is 4.79 Å². The number of hydrazine groups is 1. The van der Waals surface area contributed by atoms with Crippen LogP contribution in [0.15, 0.2) is 78.9 Å². The van der Waals surface area contributed by atoms with Crippen LogP contribution in [0.25, 0.3) is 17.2 Å². The fourth-order valence-electron chi connectivity index (χ4n) is 3.85. The molecule has 4 nitrogen and oxygen atoms in total. The number of aliphatic carboxylic acids is 1. The summed E-state index contributed by atoms with van der Waals surface area (Å²) in [6, 6.07) is 25.0. The third-order valence-corrected chi connectivity index (χ3v) is 5.30. The summed E-state index contributed by atoms with van der Waals surface area (Å²) in [6.45, 7) is 3.00. The van der Waals surface area contributed by atoms with E-state index in [2.05, 4.69) is 72.4 Å². The number of carbonyl (C=O) groups is 1. The highest BCUT2D eigenvalue weighted by molar-refractivity contribution is 5.99. The van der Waals surface area contributed by atoms with Gasteiger partial charge in [0.2, 0.25) is 0 Å². The van der Waals surface area contributed by atoms with Crippen molar-refractivity contribution in [3.05, 3.63) is 107 Å². The third-order valence-electron chi connectivity index (χ3n) is 5.30. The van der Waals surface area contributed by atoms with Gasteiger partial charge in [0.05, 0.1) is 5.69 Å². The highest BCUT2D eigenvalue weighted by Crippen LogP contribution is 2.36. The van der Waals surface area contributed by atoms with Gasteiger partial charge in [-0.3, -0.25) is 0 Å². The highest BCUT2D eigenvalue weighted by Gasteiger charge is 2.16. The molecule has 4 rings (SSSR count). The summed E-state index contributed by atoms with van der Waals surface area (Å²) >= 11 is 0. The van der Waals surface area contributed by atoms with E-state index in [1.807, 2.05) is 18.2 Å². The normalized spacial score (nSPS) is 13.6. The Balaban J connectivity index is 1.86. The molecule has 0 unspecified atom stereocenters. The Labute approximate surface area is 176 Å². The zero-order chi connectivity index (χ0) is 20.9. The molecule has 0 bridgehead atoms. The minimum Gasteiger partial charge on any atom is -0.478 e. The maximum atomic E-state index is 10.8. The van der Waals surface area contributed by atoms with Crippen molar-refractivity contribution in [2.75, 3.05) is 5.43 Å². The summed E-state index contributed by atoms with van der Waals surface area (Å²) in [5.41, 5.74) is 15.6. The van der Waals surface area contributed by atoms with Crippen molar-refractivity contribution in [1.82, 2.24) is 5.43 Å². The van der Waals surface area contributed by atoms with Crippen LogP contribution in [-0.2, 0) is 11.3 Å². The van der Waals surface area contributed by atoms with E-state index in [0.717, 1.165) is 41.4 Å². The average molecular weight is 396 g/mol. The number of benzene rings is 3. The fraction of sp³-hybridized carbons (Fsp3) is 0.115. The number of nitrogens with one attached hydrogen (secondary N) is 2. The van der Waals surface area contributed by atoms with Crippen molar-refractivity contribution in [1.29, 1.82) is 0 Å². The molecule has 1 aliphatic heterocycles. The molecule has 0 aromatic heterocycles. The van der Waals surface area contributed by atoms with Crippen molar-refractivity contribution in [2.24, 2.45) is 0 Å². The monoisotopic (exact) mass is 396 g/mol. The molecule has 0 saturated carbocycles. The molecule has 3 N–H and O–H groups in total. The van der Waals surface area contributed by atoms with Gasteiger partial charge in [-0.05, 0) is 57.5 Å². The SMILES string of the molecule is CC/C(=C(/c1ccc(/C=C/C(=O)O)cc1)c1ccc2c(c1)NNC2)c1ccccc1. The van der Waals surface area contributed by atoms with E-state index in [0.29, 0.717) is 0 Å². The van der Waals surface area contributed by atoms with Gasteiger partial charge in [-0.2, -0.15) is 0 Å². The van der Waals surface area contributed by atoms with Gasteiger partial charge in [-0.25, -0.2) is 10.2 Å². The summed E-state index contributed by atoms with van der Waals surface area (Å²) in [7, 11) is 0. The summed E-state index contributed by atoms with van der Waals surface area (Å²) in [5.74, 6) is -0.948. The van der Waals surface area contributed by atoms with Gasteiger partial charge >= 0.3 is 5.97 Å². The summed E-state index contributed by atoms with van der Waals surface area (Å²) < 4.78 is 0. The second kappa shape index (κ2) is 8.80. The second-order valence-corrected chi connectivity index (χ2v) is 7.22. The average Bonchev–Trinajstić information content (AvgIpc) is 3.25. The van der Waals surface area contributed by atoms with Crippen LogP contribution in [0.5, 0.6) is 0 Å². The molecule has 0 atom stereocenters. The maximum Gasteiger partial charge on any atom is 0.328 e. The van der Waals surface area contributed by atoms with Crippen LogP contribution in [0, 0.1) is 0 Å². The molecule has 0 amide bonds. The lowest BCUT2D eigenvalue weighted by Gasteiger charge is -2.17. The highest BCUT2D eigenvalue weighted by atomic mass is 16.4. The number of carboxylic acid groups (broad SMARTS) is 1. The van der Waals surface area contributed by atoms with Gasteiger partial charge < -0.3 is 10.5 Å². The molecule has 3 aromatic carbocycles. The van der Waals surface area contributed by atoms with E-state index in [1.165, 1.54) is 22.3 Å². The van der Waals surface area contributed by atoms with Crippen LogP contribution >= 0.6 is 0 Å². The zero-order valence-electron chi connectivity index (χ0n) is 16.9. The number of fused-ring (bicyclic) bond motifs is 1. The standard InChI is InChI=1S/C26H24N2O2/c1-2-23(19-6-4-3-5-7-19)26(21-13-14-22-17-27-28-24(22)16-21)20-11-8-18(9-12-20)10-15-25(29)30/h3-16,27-28H,2,17H2,1H3,(H,29,30)/b15-10+,26-23+. The predicted molar refractivity (Wildman–Crippen MR) is 123 cm³/mol. The van der Waals surface area contributed by atoms with Crippen LogP contribution in [0.4, 0.5) is 5.69 Å². The number of allylic oxidation sites excluding steroid dienone is 1. The molecule has 0 saturated heterocycles. The number of carboxylic acids is 1. The first-order valence-corrected chi connectivity index (χ1v) is 10.1. The van der Waals surface area contributed by atoms with E-state index in [4.69, 9.17) is 5.11 Å². The molecule has 3 aromatic rings. The fourth-order valence-corrected chi connectivity index (χ4v) is 3.85. The van der Waals surface area contributed by atoms with E-state index in [1.54, 1.807) is 6.08 Å². The molecule has 1 heterocycles. The largest absolute Gasteiger partial charge is 0.478 e. The molecule has 1 aliphatic rings. The van der Waals surface area contributed by atoms with Gasteiger partial charge in [0.15, 0.2) is 0 Å². The number of hydrogen-bond donors (Lipinski definition) is 3. The lowest BCUT2D eigenvalue weighted by molar-refractivity contribution is -0.131. The Kier molecular flexibility index (Phi) is 5.77. The molecule has 0 spiro atoms. The molecular weight excluding hydrogens is 372 g/mol. The molecular formula is C26H24N2O2. The topological polar surface area (TPSA) is 61.4 Å². The molecule has 0 fully saturated rings. The van der Waals surface area contributed by atoms with Crippen molar-refractivity contribution in [3.63, 3.8) is 0 Å². The maximum absolute atomic E-state index is 10.8. The van der Waals surface area contributed by atoms with Gasteiger partial charge in [-0.15, -0.1) is 0 Å². The summed E-state index contributed by atoms with van der Waals surface area (Å²) in [6.07, 6.45) is 3.66. The van der Waals surface area contributed by atoms with Crippen molar-refractivity contribution >= 4 is 28.9 Å². The van der Waals surface area contributed by atoms with Crippen LogP contribution in [0.2, 0.25) is 0 Å². The minimum absolute atomic E-state index is 0.818. The Morgan fingerprint density at radius 1 is 0.967 bits per heavy atom. The zero-order valence-corrected chi connectivity index (χ0v) is 16.9. The van der Waals surface area contributed by atoms with Gasteiger partial charge in [0.1, 0.15) is 0 Å². The first-order chi connectivity index (χ1) is 14.7. The second-order valence-electron chi connectivity index (χ2n) is 7.22. The van der Waals surface area contributed by atoms with Crippen LogP contribution in [0.1, 0.15) is 41.2 Å². The van der Waals surface area contributed by atoms with E-state index >= 15 is 0 Å². The Morgan fingerprint density at radius 3 is 2.40 bits per heavy atom. The van der Waals surface area contributed by atoms with Gasteiger partial charge in [0, 0.05) is 12.6 Å². The van der Waals surface area contributed by atoms with Gasteiger partial charge in [-0.1, -0.05) is 73.7 Å². The quantitative estimate of drug-likeness (QED) is 0.376. The molecule has 0 radical (unpaired) electrons. The van der Waals surface area contributed by atoms with Gasteiger partial charge in [0.25, 0.3) is 0 Å². The van der Waals surface area contributed by atoms with Crippen LogP contribution in [0.3, 0.4) is 0 Å². The first kappa shape index (κ1) is 19.7. The Morgan fingerprint density at radius 2 is 1.70 bits per heavy atom. The van der Waals surface area contributed by atoms with Crippen molar-refractivity contribution in [3.8, 4) is 0 Å². The van der Waals surface area contributed by atoms with Crippen LogP contribution in [-0.4, -0.2) is 11.1 Å². The number of anilines is 1. The molecule has 30 heavy (non-hydrogen) atoms.